The highest BCUT2D eigenvalue weighted by Gasteiger charge is 2.31. The summed E-state index contributed by atoms with van der Waals surface area (Å²) in [5, 5.41) is 0. The van der Waals surface area contributed by atoms with Crippen molar-refractivity contribution < 1.29 is 9.53 Å². The number of morpholine rings is 1. The molecule has 2 aliphatic rings. The van der Waals surface area contributed by atoms with Crippen LogP contribution in [0.15, 0.2) is 0 Å². The van der Waals surface area contributed by atoms with Gasteiger partial charge in [0.2, 0.25) is 5.91 Å². The Morgan fingerprint density at radius 2 is 2.38 bits per heavy atom. The lowest BCUT2D eigenvalue weighted by Gasteiger charge is -2.36. The molecule has 0 spiro atoms. The van der Waals surface area contributed by atoms with Gasteiger partial charge in [-0.15, -0.1) is 0 Å². The Morgan fingerprint density at radius 1 is 1.56 bits per heavy atom. The van der Waals surface area contributed by atoms with E-state index in [1.54, 1.807) is 0 Å². The number of hydrogen-bond acceptors (Lipinski definition) is 3. The minimum atomic E-state index is 0.141. The first-order valence-corrected chi connectivity index (χ1v) is 6.49. The van der Waals surface area contributed by atoms with Gasteiger partial charge in [0.1, 0.15) is 0 Å². The van der Waals surface area contributed by atoms with Gasteiger partial charge in [0, 0.05) is 12.5 Å². The highest BCUT2D eigenvalue weighted by atomic mass is 32.1. The van der Waals surface area contributed by atoms with E-state index < -0.39 is 0 Å². The van der Waals surface area contributed by atoms with Crippen LogP contribution in [0.4, 0.5) is 0 Å². The van der Waals surface area contributed by atoms with Crippen molar-refractivity contribution in [3.8, 4) is 0 Å². The average Bonchev–Trinajstić information content (AvgIpc) is 2.29. The summed E-state index contributed by atoms with van der Waals surface area (Å²) in [7, 11) is 0. The van der Waals surface area contributed by atoms with Crippen LogP contribution in [0.1, 0.15) is 32.6 Å². The molecule has 1 aliphatic carbocycles. The quantitative estimate of drug-likeness (QED) is 0.656. The van der Waals surface area contributed by atoms with E-state index in [4.69, 9.17) is 17.0 Å². The zero-order chi connectivity index (χ0) is 11.5. The summed E-state index contributed by atoms with van der Waals surface area (Å²) in [5.74, 6) is 0.430. The highest BCUT2D eigenvalue weighted by Crippen LogP contribution is 2.25. The minimum absolute atomic E-state index is 0.141. The molecule has 90 valence electrons. The van der Waals surface area contributed by atoms with Crippen molar-refractivity contribution in [2.24, 2.45) is 5.92 Å². The first-order chi connectivity index (χ1) is 7.68. The predicted octanol–water partition coefficient (Wildman–Crippen LogP) is 1.79. The van der Waals surface area contributed by atoms with Gasteiger partial charge >= 0.3 is 0 Å². The lowest BCUT2D eigenvalue weighted by atomic mass is 9.87. The molecule has 1 saturated carbocycles. The van der Waals surface area contributed by atoms with Crippen LogP contribution in [0.3, 0.4) is 0 Å². The molecule has 2 fully saturated rings. The normalized spacial score (nSPS) is 31.6. The molecule has 0 aromatic rings. The zero-order valence-electron chi connectivity index (χ0n) is 9.78. The standard InChI is InChI=1S/C12H19NO2S/c1-9-8-15-6-5-13(9)12(14)10-3-2-4-11(16)7-10/h9-10H,2-8H2,1H3. The van der Waals surface area contributed by atoms with Crippen molar-refractivity contribution in [1.82, 2.24) is 4.90 Å². The van der Waals surface area contributed by atoms with Gasteiger partial charge in [0.25, 0.3) is 0 Å². The third kappa shape index (κ3) is 2.61. The van der Waals surface area contributed by atoms with E-state index in [0.29, 0.717) is 13.2 Å². The molecular weight excluding hydrogens is 222 g/mol. The first kappa shape index (κ1) is 12.0. The topological polar surface area (TPSA) is 29.5 Å². The molecule has 3 nitrogen and oxygen atoms in total. The number of carbonyl (C=O) groups is 1. The zero-order valence-corrected chi connectivity index (χ0v) is 10.6. The van der Waals surface area contributed by atoms with E-state index in [0.717, 1.165) is 37.1 Å². The summed E-state index contributed by atoms with van der Waals surface area (Å²) in [4.78, 5) is 15.4. The van der Waals surface area contributed by atoms with Crippen LogP contribution in [-0.2, 0) is 9.53 Å². The number of ether oxygens (including phenoxy) is 1. The third-order valence-corrected chi connectivity index (χ3v) is 3.85. The highest BCUT2D eigenvalue weighted by molar-refractivity contribution is 7.80. The van der Waals surface area contributed by atoms with E-state index in [1.807, 2.05) is 4.90 Å². The predicted molar refractivity (Wildman–Crippen MR) is 66.6 cm³/mol. The van der Waals surface area contributed by atoms with Gasteiger partial charge in [-0.25, -0.2) is 0 Å². The van der Waals surface area contributed by atoms with Crippen LogP contribution < -0.4 is 0 Å². The molecule has 4 heteroatoms. The van der Waals surface area contributed by atoms with Crippen LogP contribution in [0, 0.1) is 5.92 Å². The van der Waals surface area contributed by atoms with Crippen LogP contribution in [0.25, 0.3) is 0 Å². The Morgan fingerprint density at radius 3 is 3.06 bits per heavy atom. The van der Waals surface area contributed by atoms with E-state index in [2.05, 4.69) is 6.92 Å². The molecule has 0 bridgehead atoms. The Hall–Kier alpha value is -0.480. The summed E-state index contributed by atoms with van der Waals surface area (Å²) in [6.45, 7) is 4.14. The van der Waals surface area contributed by atoms with Crippen molar-refractivity contribution >= 4 is 23.0 Å². The molecule has 2 rings (SSSR count). The average molecular weight is 241 g/mol. The van der Waals surface area contributed by atoms with E-state index in [1.165, 1.54) is 0 Å². The number of amides is 1. The lowest BCUT2D eigenvalue weighted by molar-refractivity contribution is -0.143. The molecule has 0 radical (unpaired) electrons. The Labute approximate surface area is 102 Å². The number of carbonyl (C=O) groups excluding carboxylic acids is 1. The lowest BCUT2D eigenvalue weighted by Crippen LogP contribution is -2.49. The third-order valence-electron chi connectivity index (χ3n) is 3.48. The van der Waals surface area contributed by atoms with Gasteiger partial charge in [0.05, 0.1) is 19.3 Å². The fraction of sp³-hybridized carbons (Fsp3) is 0.833. The van der Waals surface area contributed by atoms with Crippen LogP contribution in [0.2, 0.25) is 0 Å². The summed E-state index contributed by atoms with van der Waals surface area (Å²) in [5.41, 5.74) is 0. The number of thiocarbonyl (C=S) groups is 1. The fourth-order valence-corrected chi connectivity index (χ4v) is 2.87. The molecule has 1 amide bonds. The molecular formula is C12H19NO2S. The minimum Gasteiger partial charge on any atom is -0.377 e. The molecule has 0 N–H and O–H groups in total. The van der Waals surface area contributed by atoms with Crippen molar-refractivity contribution in [2.45, 2.75) is 38.6 Å². The van der Waals surface area contributed by atoms with E-state index in [9.17, 15) is 4.79 Å². The Balaban J connectivity index is 1.97. The van der Waals surface area contributed by atoms with Crippen LogP contribution in [-0.4, -0.2) is 41.5 Å². The maximum atomic E-state index is 12.3. The molecule has 1 heterocycles. The van der Waals surface area contributed by atoms with Gasteiger partial charge in [-0.05, 0) is 37.5 Å². The van der Waals surface area contributed by atoms with Crippen molar-refractivity contribution in [1.29, 1.82) is 0 Å². The molecule has 1 saturated heterocycles. The SMILES string of the molecule is CC1COCCN1C(=O)C1CCCC(=S)C1. The Bertz CT molecular complexity index is 293. The second-order valence-corrected chi connectivity index (χ2v) is 5.36. The monoisotopic (exact) mass is 241 g/mol. The molecule has 16 heavy (non-hydrogen) atoms. The first-order valence-electron chi connectivity index (χ1n) is 6.08. The largest absolute Gasteiger partial charge is 0.377 e. The molecule has 2 unspecified atom stereocenters. The maximum absolute atomic E-state index is 12.3. The second kappa shape index (κ2) is 5.23. The van der Waals surface area contributed by atoms with E-state index in [-0.39, 0.29) is 17.9 Å². The molecule has 0 aromatic heterocycles. The van der Waals surface area contributed by atoms with Gasteiger partial charge < -0.3 is 9.64 Å². The summed E-state index contributed by atoms with van der Waals surface area (Å²) in [6.07, 6.45) is 3.92. The van der Waals surface area contributed by atoms with Crippen molar-refractivity contribution in [3.05, 3.63) is 0 Å². The second-order valence-electron chi connectivity index (χ2n) is 4.79. The van der Waals surface area contributed by atoms with Crippen molar-refractivity contribution in [3.63, 3.8) is 0 Å². The Kier molecular flexibility index (Phi) is 3.92. The molecule has 0 aromatic carbocycles. The van der Waals surface area contributed by atoms with Gasteiger partial charge in [0.15, 0.2) is 0 Å². The molecule has 1 aliphatic heterocycles. The van der Waals surface area contributed by atoms with Gasteiger partial charge in [-0.2, -0.15) is 0 Å². The summed E-state index contributed by atoms with van der Waals surface area (Å²) < 4.78 is 5.35. The van der Waals surface area contributed by atoms with Crippen LogP contribution in [0.5, 0.6) is 0 Å². The number of nitrogens with zero attached hydrogens (tertiary/aromatic N) is 1. The number of hydrogen-bond donors (Lipinski definition) is 0. The van der Waals surface area contributed by atoms with Crippen LogP contribution >= 0.6 is 12.2 Å². The van der Waals surface area contributed by atoms with Gasteiger partial charge in [-0.3, -0.25) is 4.79 Å². The number of rotatable bonds is 1. The van der Waals surface area contributed by atoms with Gasteiger partial charge in [-0.1, -0.05) is 12.2 Å². The smallest absolute Gasteiger partial charge is 0.226 e. The fourth-order valence-electron chi connectivity index (χ4n) is 2.52. The summed E-state index contributed by atoms with van der Waals surface area (Å²) in [6, 6.07) is 0.219. The molecule has 2 atom stereocenters. The summed E-state index contributed by atoms with van der Waals surface area (Å²) >= 11 is 5.24. The van der Waals surface area contributed by atoms with E-state index >= 15 is 0 Å². The van der Waals surface area contributed by atoms with Crippen molar-refractivity contribution in [2.75, 3.05) is 19.8 Å². The maximum Gasteiger partial charge on any atom is 0.226 e.